The molecule has 2 N–H and O–H groups in total. The van der Waals surface area contributed by atoms with Crippen molar-refractivity contribution in [1.82, 2.24) is 0 Å². The van der Waals surface area contributed by atoms with E-state index in [1.807, 2.05) is 19.1 Å². The first-order chi connectivity index (χ1) is 8.60. The summed E-state index contributed by atoms with van der Waals surface area (Å²) in [6.45, 7) is 1.97. The zero-order valence-electron chi connectivity index (χ0n) is 10.3. The van der Waals surface area contributed by atoms with Crippen LogP contribution in [0, 0.1) is 24.2 Å². The van der Waals surface area contributed by atoms with Gasteiger partial charge in [-0.1, -0.05) is 6.07 Å². The molecular formula is C14H16N2O2. The second-order valence-corrected chi connectivity index (χ2v) is 4.85. The average molecular weight is 244 g/mol. The van der Waals surface area contributed by atoms with E-state index >= 15 is 0 Å². The summed E-state index contributed by atoms with van der Waals surface area (Å²) in [4.78, 5) is 10.9. The first-order valence-corrected chi connectivity index (χ1v) is 6.10. The summed E-state index contributed by atoms with van der Waals surface area (Å²) in [5.41, 5.74) is 2.51. The van der Waals surface area contributed by atoms with Crippen molar-refractivity contribution in [1.29, 1.82) is 5.26 Å². The van der Waals surface area contributed by atoms with E-state index in [4.69, 9.17) is 10.4 Å². The molecule has 0 saturated heterocycles. The highest BCUT2D eigenvalue weighted by Crippen LogP contribution is 2.29. The van der Waals surface area contributed by atoms with Gasteiger partial charge in [0.15, 0.2) is 0 Å². The van der Waals surface area contributed by atoms with Crippen molar-refractivity contribution < 1.29 is 9.90 Å². The Morgan fingerprint density at radius 2 is 2.28 bits per heavy atom. The summed E-state index contributed by atoms with van der Waals surface area (Å²) < 4.78 is 0. The summed E-state index contributed by atoms with van der Waals surface area (Å²) in [5.74, 6) is -0.970. The van der Waals surface area contributed by atoms with Crippen LogP contribution in [0.2, 0.25) is 0 Å². The minimum Gasteiger partial charge on any atom is -0.481 e. The first-order valence-electron chi connectivity index (χ1n) is 6.10. The molecule has 4 heteroatoms. The molecule has 1 aromatic carbocycles. The Morgan fingerprint density at radius 1 is 1.50 bits per heavy atom. The Morgan fingerprint density at radius 3 is 2.89 bits per heavy atom. The summed E-state index contributed by atoms with van der Waals surface area (Å²) in [7, 11) is 0. The molecule has 1 fully saturated rings. The third-order valence-corrected chi connectivity index (χ3v) is 3.44. The lowest BCUT2D eigenvalue weighted by Crippen LogP contribution is -2.18. The lowest BCUT2D eigenvalue weighted by molar-refractivity contribution is -0.141. The molecule has 1 saturated carbocycles. The normalized spacial score (nSPS) is 22.4. The molecule has 4 nitrogen and oxygen atoms in total. The number of carbonyl (C=O) groups is 1. The van der Waals surface area contributed by atoms with E-state index < -0.39 is 5.97 Å². The fourth-order valence-electron chi connectivity index (χ4n) is 2.43. The van der Waals surface area contributed by atoms with Gasteiger partial charge in [-0.3, -0.25) is 4.79 Å². The molecule has 1 aliphatic rings. The SMILES string of the molecule is Cc1ccc(C#N)c(N[C@H]2CC[C@@H](C(=O)O)C2)c1. The maximum Gasteiger partial charge on any atom is 0.306 e. The zero-order valence-corrected chi connectivity index (χ0v) is 10.3. The molecule has 0 heterocycles. The Kier molecular flexibility index (Phi) is 3.52. The lowest BCUT2D eigenvalue weighted by atomic mass is 10.1. The fraction of sp³-hybridized carbons (Fsp3) is 0.429. The molecular weight excluding hydrogens is 228 g/mol. The summed E-state index contributed by atoms with van der Waals surface area (Å²) in [6.07, 6.45) is 2.19. The Balaban J connectivity index is 2.09. The lowest BCUT2D eigenvalue weighted by Gasteiger charge is -2.15. The van der Waals surface area contributed by atoms with E-state index in [1.54, 1.807) is 6.07 Å². The number of nitrogens with zero attached hydrogens (tertiary/aromatic N) is 1. The molecule has 0 aliphatic heterocycles. The summed E-state index contributed by atoms with van der Waals surface area (Å²) >= 11 is 0. The summed E-state index contributed by atoms with van der Waals surface area (Å²) in [6, 6.07) is 7.94. The van der Waals surface area contributed by atoms with Crippen LogP contribution >= 0.6 is 0 Å². The van der Waals surface area contributed by atoms with Crippen LogP contribution < -0.4 is 5.32 Å². The van der Waals surface area contributed by atoms with Crippen molar-refractivity contribution >= 4 is 11.7 Å². The second kappa shape index (κ2) is 5.09. The largest absolute Gasteiger partial charge is 0.481 e. The smallest absolute Gasteiger partial charge is 0.306 e. The minimum absolute atomic E-state index is 0.153. The van der Waals surface area contributed by atoms with Crippen molar-refractivity contribution in [3.8, 4) is 6.07 Å². The number of hydrogen-bond donors (Lipinski definition) is 2. The number of anilines is 1. The monoisotopic (exact) mass is 244 g/mol. The third kappa shape index (κ3) is 2.62. The van der Waals surface area contributed by atoms with E-state index in [1.165, 1.54) is 0 Å². The van der Waals surface area contributed by atoms with Crippen LogP contribution in [0.15, 0.2) is 18.2 Å². The van der Waals surface area contributed by atoms with Crippen molar-refractivity contribution in [2.45, 2.75) is 32.2 Å². The van der Waals surface area contributed by atoms with Gasteiger partial charge in [-0.2, -0.15) is 5.26 Å². The van der Waals surface area contributed by atoms with Crippen LogP contribution in [0.1, 0.15) is 30.4 Å². The number of aryl methyl sites for hydroxylation is 1. The van der Waals surface area contributed by atoms with Gasteiger partial charge in [0.05, 0.1) is 17.2 Å². The number of aliphatic carboxylic acids is 1. The molecule has 2 rings (SSSR count). The number of hydrogen-bond acceptors (Lipinski definition) is 3. The Labute approximate surface area is 106 Å². The molecule has 18 heavy (non-hydrogen) atoms. The number of nitrogens with one attached hydrogen (secondary N) is 1. The van der Waals surface area contributed by atoms with Crippen LogP contribution in [-0.4, -0.2) is 17.1 Å². The van der Waals surface area contributed by atoms with Gasteiger partial charge in [-0.05, 0) is 43.9 Å². The fourth-order valence-corrected chi connectivity index (χ4v) is 2.43. The topological polar surface area (TPSA) is 73.1 Å². The molecule has 0 aromatic heterocycles. The van der Waals surface area contributed by atoms with Gasteiger partial charge in [-0.25, -0.2) is 0 Å². The maximum atomic E-state index is 10.9. The van der Waals surface area contributed by atoms with Gasteiger partial charge in [-0.15, -0.1) is 0 Å². The van der Waals surface area contributed by atoms with E-state index in [0.29, 0.717) is 18.4 Å². The number of benzene rings is 1. The van der Waals surface area contributed by atoms with Gasteiger partial charge in [0.1, 0.15) is 6.07 Å². The van der Waals surface area contributed by atoms with Crippen molar-refractivity contribution in [2.24, 2.45) is 5.92 Å². The quantitative estimate of drug-likeness (QED) is 0.857. The van der Waals surface area contributed by atoms with Crippen molar-refractivity contribution in [3.05, 3.63) is 29.3 Å². The molecule has 0 spiro atoms. The van der Waals surface area contributed by atoms with Crippen LogP contribution in [0.25, 0.3) is 0 Å². The molecule has 0 unspecified atom stereocenters. The minimum atomic E-state index is -0.718. The highest BCUT2D eigenvalue weighted by Gasteiger charge is 2.29. The van der Waals surface area contributed by atoms with Crippen molar-refractivity contribution in [2.75, 3.05) is 5.32 Å². The van der Waals surface area contributed by atoms with E-state index in [9.17, 15) is 4.79 Å². The number of carboxylic acids is 1. The molecule has 1 aromatic rings. The van der Waals surface area contributed by atoms with E-state index in [2.05, 4.69) is 11.4 Å². The zero-order chi connectivity index (χ0) is 13.1. The summed E-state index contributed by atoms with van der Waals surface area (Å²) in [5, 5.41) is 21.3. The predicted molar refractivity (Wildman–Crippen MR) is 68.3 cm³/mol. The van der Waals surface area contributed by atoms with Crippen LogP contribution in [0.3, 0.4) is 0 Å². The maximum absolute atomic E-state index is 10.9. The van der Waals surface area contributed by atoms with Crippen molar-refractivity contribution in [3.63, 3.8) is 0 Å². The van der Waals surface area contributed by atoms with Crippen LogP contribution in [0.4, 0.5) is 5.69 Å². The highest BCUT2D eigenvalue weighted by atomic mass is 16.4. The molecule has 0 amide bonds. The molecule has 1 aliphatic carbocycles. The van der Waals surface area contributed by atoms with Gasteiger partial charge in [0.25, 0.3) is 0 Å². The predicted octanol–water partition coefficient (Wildman–Crippen LogP) is 2.53. The van der Waals surface area contributed by atoms with Crippen LogP contribution in [-0.2, 0) is 4.79 Å². The van der Waals surface area contributed by atoms with Gasteiger partial charge in [0, 0.05) is 6.04 Å². The van der Waals surface area contributed by atoms with E-state index in [-0.39, 0.29) is 12.0 Å². The van der Waals surface area contributed by atoms with Gasteiger partial charge >= 0.3 is 5.97 Å². The number of nitriles is 1. The first kappa shape index (κ1) is 12.4. The number of rotatable bonds is 3. The molecule has 0 bridgehead atoms. The molecule has 0 radical (unpaired) electrons. The second-order valence-electron chi connectivity index (χ2n) is 4.85. The molecule has 94 valence electrons. The van der Waals surface area contributed by atoms with E-state index in [0.717, 1.165) is 17.7 Å². The third-order valence-electron chi connectivity index (χ3n) is 3.44. The average Bonchev–Trinajstić information content (AvgIpc) is 2.78. The van der Waals surface area contributed by atoms with Crippen LogP contribution in [0.5, 0.6) is 0 Å². The van der Waals surface area contributed by atoms with Gasteiger partial charge < -0.3 is 10.4 Å². The Hall–Kier alpha value is -2.02. The number of carboxylic acid groups (broad SMARTS) is 1. The highest BCUT2D eigenvalue weighted by molar-refractivity contribution is 5.70. The van der Waals surface area contributed by atoms with Gasteiger partial charge in [0.2, 0.25) is 0 Å². The molecule has 2 atom stereocenters. The standard InChI is InChI=1S/C14H16N2O2/c1-9-2-3-11(8-15)13(6-9)16-12-5-4-10(7-12)14(17)18/h2-3,6,10,12,16H,4-5,7H2,1H3,(H,17,18)/t10-,12+/m1/s1. The Bertz CT molecular complexity index is 505.